The zero-order valence-electron chi connectivity index (χ0n) is 9.27. The van der Waals surface area contributed by atoms with Crippen LogP contribution in [0.15, 0.2) is 25.8 Å². The third kappa shape index (κ3) is 1.25. The number of aromatic nitrogens is 1. The van der Waals surface area contributed by atoms with Gasteiger partial charge in [-0.2, -0.15) is 0 Å². The summed E-state index contributed by atoms with van der Waals surface area (Å²) in [5.41, 5.74) is 0.865. The van der Waals surface area contributed by atoms with Gasteiger partial charge >= 0.3 is 5.63 Å². The van der Waals surface area contributed by atoms with Crippen molar-refractivity contribution in [3.05, 3.63) is 34.0 Å². The number of hydrogen-bond donors (Lipinski definition) is 1. The molecule has 3 rings (SSSR count). The molecule has 2 aromatic heterocycles. The topological polar surface area (TPSA) is 76.5 Å². The van der Waals surface area contributed by atoms with Gasteiger partial charge in [0.25, 0.3) is 0 Å². The van der Waals surface area contributed by atoms with Crippen molar-refractivity contribution >= 4 is 22.1 Å². The van der Waals surface area contributed by atoms with Crippen molar-refractivity contribution in [2.45, 2.75) is 13.8 Å². The van der Waals surface area contributed by atoms with E-state index in [4.69, 9.17) is 8.83 Å². The van der Waals surface area contributed by atoms with Gasteiger partial charge in [0, 0.05) is 12.5 Å². The molecule has 3 aromatic rings. The van der Waals surface area contributed by atoms with E-state index in [-0.39, 0.29) is 11.3 Å². The van der Waals surface area contributed by atoms with Crippen LogP contribution in [0.3, 0.4) is 0 Å². The first-order chi connectivity index (χ1) is 8.08. The maximum Gasteiger partial charge on any atom is 0.366 e. The number of fused-ring (bicyclic) bond motifs is 3. The number of phenols is 1. The summed E-state index contributed by atoms with van der Waals surface area (Å²) in [6, 6.07) is 3.18. The van der Waals surface area contributed by atoms with Gasteiger partial charge in [-0.25, -0.2) is 9.78 Å². The highest BCUT2D eigenvalue weighted by molar-refractivity contribution is 6.00. The first kappa shape index (κ1) is 9.89. The van der Waals surface area contributed by atoms with E-state index in [9.17, 15) is 9.90 Å². The molecule has 0 fully saturated rings. The Hall–Kier alpha value is -2.30. The van der Waals surface area contributed by atoms with Gasteiger partial charge in [0.15, 0.2) is 17.0 Å². The number of phenolic OH excluding ortho intramolecular Hbond substituents is 1. The summed E-state index contributed by atoms with van der Waals surface area (Å²) in [6.07, 6.45) is 0. The number of rotatable bonds is 0. The van der Waals surface area contributed by atoms with Gasteiger partial charge < -0.3 is 13.9 Å². The lowest BCUT2D eigenvalue weighted by atomic mass is 10.1. The van der Waals surface area contributed by atoms with Crippen LogP contribution in [0.25, 0.3) is 22.1 Å². The molecular weight excluding hydrogens is 222 g/mol. The molecule has 0 saturated heterocycles. The van der Waals surface area contributed by atoms with Crippen LogP contribution in [0.4, 0.5) is 0 Å². The number of oxazole rings is 1. The van der Waals surface area contributed by atoms with Gasteiger partial charge in [-0.15, -0.1) is 0 Å². The molecule has 0 amide bonds. The van der Waals surface area contributed by atoms with Crippen LogP contribution in [-0.4, -0.2) is 10.1 Å². The predicted octanol–water partition coefficient (Wildman–Crippen LogP) is 2.26. The molecule has 1 N–H and O–H groups in total. The molecule has 86 valence electrons. The molecule has 0 aliphatic carbocycles. The third-order valence-electron chi connectivity index (χ3n) is 2.74. The van der Waals surface area contributed by atoms with Crippen molar-refractivity contribution in [1.29, 1.82) is 0 Å². The normalized spacial score (nSPS) is 11.4. The van der Waals surface area contributed by atoms with Gasteiger partial charge in [0.1, 0.15) is 11.3 Å². The van der Waals surface area contributed by atoms with Gasteiger partial charge in [0.05, 0.1) is 5.39 Å². The van der Waals surface area contributed by atoms with Crippen LogP contribution in [-0.2, 0) is 0 Å². The Morgan fingerprint density at radius 1 is 1.18 bits per heavy atom. The number of hydrogen-bond acceptors (Lipinski definition) is 5. The Bertz CT molecular complexity index is 797. The lowest BCUT2D eigenvalue weighted by molar-refractivity contribution is 0.468. The highest BCUT2D eigenvalue weighted by Gasteiger charge is 2.15. The lowest BCUT2D eigenvalue weighted by Gasteiger charge is -2.02. The summed E-state index contributed by atoms with van der Waals surface area (Å²) < 4.78 is 10.6. The van der Waals surface area contributed by atoms with Crippen LogP contribution in [0.5, 0.6) is 5.75 Å². The summed E-state index contributed by atoms with van der Waals surface area (Å²) in [5, 5.41) is 10.2. The second kappa shape index (κ2) is 3.10. The van der Waals surface area contributed by atoms with E-state index < -0.39 is 5.63 Å². The van der Waals surface area contributed by atoms with Crippen LogP contribution in [0.2, 0.25) is 0 Å². The second-order valence-electron chi connectivity index (χ2n) is 3.89. The van der Waals surface area contributed by atoms with E-state index >= 15 is 0 Å². The molecular formula is C12H9NO4. The van der Waals surface area contributed by atoms with Crippen LogP contribution >= 0.6 is 0 Å². The second-order valence-corrected chi connectivity index (χ2v) is 3.89. The average molecular weight is 231 g/mol. The SMILES string of the molecule is Cc1nc2c(=O)oc3c(C)c(O)ccc3c2o1. The van der Waals surface area contributed by atoms with E-state index in [1.54, 1.807) is 19.9 Å². The molecule has 5 heteroatoms. The number of aromatic hydroxyl groups is 1. The average Bonchev–Trinajstić information content (AvgIpc) is 2.67. The molecule has 5 nitrogen and oxygen atoms in total. The highest BCUT2D eigenvalue weighted by atomic mass is 16.4. The summed E-state index contributed by atoms with van der Waals surface area (Å²) >= 11 is 0. The Labute approximate surface area is 95.3 Å². The molecule has 0 unspecified atom stereocenters. The summed E-state index contributed by atoms with van der Waals surface area (Å²) in [7, 11) is 0. The Morgan fingerprint density at radius 2 is 1.94 bits per heavy atom. The number of benzene rings is 1. The summed E-state index contributed by atoms with van der Waals surface area (Å²) in [6.45, 7) is 3.34. The molecule has 0 saturated carbocycles. The maximum atomic E-state index is 11.7. The first-order valence-corrected chi connectivity index (χ1v) is 5.10. The molecule has 0 atom stereocenters. The Balaban J connectivity index is 2.66. The van der Waals surface area contributed by atoms with E-state index in [0.29, 0.717) is 28.0 Å². The van der Waals surface area contributed by atoms with E-state index in [2.05, 4.69) is 4.98 Å². The van der Waals surface area contributed by atoms with E-state index in [1.165, 1.54) is 6.07 Å². The van der Waals surface area contributed by atoms with Crippen LogP contribution in [0.1, 0.15) is 11.5 Å². The predicted molar refractivity (Wildman–Crippen MR) is 61.2 cm³/mol. The fraction of sp³-hybridized carbons (Fsp3) is 0.167. The van der Waals surface area contributed by atoms with Crippen molar-refractivity contribution in [3.8, 4) is 5.75 Å². The van der Waals surface area contributed by atoms with Crippen molar-refractivity contribution in [1.82, 2.24) is 4.98 Å². The van der Waals surface area contributed by atoms with Gasteiger partial charge in [-0.1, -0.05) is 0 Å². The summed E-state index contributed by atoms with van der Waals surface area (Å²) in [5.74, 6) is 0.488. The van der Waals surface area contributed by atoms with Crippen LogP contribution < -0.4 is 5.63 Å². The standard InChI is InChI=1S/C12H9NO4/c1-5-8(14)4-3-7-10(5)17-12(15)9-11(7)16-6(2)13-9/h3-4,14H,1-2H3. The lowest BCUT2D eigenvalue weighted by Crippen LogP contribution is -2.00. The Morgan fingerprint density at radius 3 is 2.71 bits per heavy atom. The monoisotopic (exact) mass is 231 g/mol. The summed E-state index contributed by atoms with van der Waals surface area (Å²) in [4.78, 5) is 15.7. The maximum absolute atomic E-state index is 11.7. The molecule has 0 bridgehead atoms. The highest BCUT2D eigenvalue weighted by Crippen LogP contribution is 2.30. The van der Waals surface area contributed by atoms with Gasteiger partial charge in [0.2, 0.25) is 0 Å². The molecule has 2 heterocycles. The molecule has 0 radical (unpaired) electrons. The quantitative estimate of drug-likeness (QED) is 0.600. The first-order valence-electron chi connectivity index (χ1n) is 5.10. The fourth-order valence-corrected chi connectivity index (χ4v) is 1.88. The number of nitrogens with zero attached hydrogens (tertiary/aromatic N) is 1. The molecule has 1 aromatic carbocycles. The van der Waals surface area contributed by atoms with Crippen LogP contribution in [0, 0.1) is 13.8 Å². The van der Waals surface area contributed by atoms with Gasteiger partial charge in [-0.05, 0) is 19.1 Å². The van der Waals surface area contributed by atoms with Crippen molar-refractivity contribution in [2.24, 2.45) is 0 Å². The van der Waals surface area contributed by atoms with Crippen molar-refractivity contribution in [3.63, 3.8) is 0 Å². The minimum atomic E-state index is -0.557. The van der Waals surface area contributed by atoms with Crippen molar-refractivity contribution < 1.29 is 13.9 Å². The molecule has 0 aliphatic heterocycles. The van der Waals surface area contributed by atoms with E-state index in [0.717, 1.165) is 0 Å². The third-order valence-corrected chi connectivity index (χ3v) is 2.74. The molecule has 0 aliphatic rings. The molecule has 17 heavy (non-hydrogen) atoms. The number of aryl methyl sites for hydroxylation is 2. The van der Waals surface area contributed by atoms with Gasteiger partial charge in [-0.3, -0.25) is 0 Å². The van der Waals surface area contributed by atoms with E-state index in [1.807, 2.05) is 0 Å². The zero-order chi connectivity index (χ0) is 12.2. The smallest absolute Gasteiger partial charge is 0.366 e. The molecule has 0 spiro atoms. The van der Waals surface area contributed by atoms with Crippen molar-refractivity contribution in [2.75, 3.05) is 0 Å². The zero-order valence-corrected chi connectivity index (χ0v) is 9.27. The minimum absolute atomic E-state index is 0.0798. The Kier molecular flexibility index (Phi) is 1.80. The fourth-order valence-electron chi connectivity index (χ4n) is 1.88. The minimum Gasteiger partial charge on any atom is -0.508 e. The largest absolute Gasteiger partial charge is 0.508 e.